The average molecular weight is 451 g/mol. The van der Waals surface area contributed by atoms with Crippen molar-refractivity contribution in [1.29, 1.82) is 0 Å². The van der Waals surface area contributed by atoms with Crippen LogP contribution in [0.1, 0.15) is 53.4 Å². The third kappa shape index (κ3) is 4.40. The Morgan fingerprint density at radius 3 is 2.37 bits per heavy atom. The molecule has 8 heteroatoms. The highest BCUT2D eigenvalue weighted by Gasteiger charge is 2.71. The summed E-state index contributed by atoms with van der Waals surface area (Å²) in [6.07, 6.45) is -0.510. The fourth-order valence-electron chi connectivity index (χ4n) is 5.27. The SMILES string of the molecule is CO[C@@H]1[C@H](CC(C)(C)[Si](C)(C)O)CC[C@]2(CO2)[C@H]1C1(C)O[C@@H]1C/C=C(\C)C(F)(F)F. The Balaban J connectivity index is 1.79. The van der Waals surface area contributed by atoms with E-state index in [0.717, 1.165) is 26.2 Å². The Hall–Kier alpha value is -0.413. The number of hydrogen-bond acceptors (Lipinski definition) is 4. The molecule has 0 bridgehead atoms. The summed E-state index contributed by atoms with van der Waals surface area (Å²) < 4.78 is 56.6. The second-order valence-corrected chi connectivity index (χ2v) is 15.4. The van der Waals surface area contributed by atoms with Crippen molar-refractivity contribution in [3.8, 4) is 0 Å². The lowest BCUT2D eigenvalue weighted by atomic mass is 9.64. The molecule has 2 heterocycles. The summed E-state index contributed by atoms with van der Waals surface area (Å²) in [5.74, 6) is 0.218. The van der Waals surface area contributed by atoms with E-state index in [1.807, 2.05) is 20.0 Å². The first-order valence-corrected chi connectivity index (χ1v) is 13.8. The molecule has 3 rings (SSSR count). The monoisotopic (exact) mass is 450 g/mol. The van der Waals surface area contributed by atoms with Crippen molar-refractivity contribution < 1.29 is 32.2 Å². The van der Waals surface area contributed by atoms with Gasteiger partial charge in [0.1, 0.15) is 5.60 Å². The minimum Gasteiger partial charge on any atom is -0.432 e. The summed E-state index contributed by atoms with van der Waals surface area (Å²) in [4.78, 5) is 10.8. The second-order valence-electron chi connectivity index (χ2n) is 10.9. The molecule has 2 saturated heterocycles. The maximum Gasteiger partial charge on any atom is 0.412 e. The average Bonchev–Trinajstić information content (AvgIpc) is 3.50. The Bertz CT molecular complexity index is 681. The van der Waals surface area contributed by atoms with Crippen LogP contribution in [0, 0.1) is 11.8 Å². The fraction of sp³-hybridized carbons (Fsp3) is 0.909. The Kier molecular flexibility index (Phi) is 6.12. The molecule has 1 N–H and O–H groups in total. The van der Waals surface area contributed by atoms with Crippen LogP contribution in [0.3, 0.4) is 0 Å². The first-order chi connectivity index (χ1) is 13.6. The smallest absolute Gasteiger partial charge is 0.412 e. The molecule has 1 saturated carbocycles. The van der Waals surface area contributed by atoms with Crippen LogP contribution in [-0.4, -0.2) is 56.4 Å². The van der Waals surface area contributed by atoms with Crippen molar-refractivity contribution in [2.45, 2.75) is 101 Å². The summed E-state index contributed by atoms with van der Waals surface area (Å²) in [6, 6.07) is 0. The van der Waals surface area contributed by atoms with Crippen LogP contribution in [0.25, 0.3) is 0 Å². The molecular formula is C22H37F3O4Si. The second kappa shape index (κ2) is 7.58. The normalized spacial score (nSPS) is 40.0. The van der Waals surface area contributed by atoms with Crippen molar-refractivity contribution in [1.82, 2.24) is 0 Å². The van der Waals surface area contributed by atoms with Crippen molar-refractivity contribution in [3.63, 3.8) is 0 Å². The lowest BCUT2D eigenvalue weighted by molar-refractivity contribution is -0.0917. The van der Waals surface area contributed by atoms with E-state index in [1.165, 1.54) is 6.08 Å². The predicted octanol–water partition coefficient (Wildman–Crippen LogP) is 5.22. The van der Waals surface area contributed by atoms with Gasteiger partial charge in [0.2, 0.25) is 0 Å². The van der Waals surface area contributed by atoms with E-state index in [9.17, 15) is 18.0 Å². The lowest BCUT2D eigenvalue weighted by Gasteiger charge is -2.47. The molecule has 1 aliphatic carbocycles. The summed E-state index contributed by atoms with van der Waals surface area (Å²) in [6.45, 7) is 11.9. The van der Waals surface area contributed by atoms with Gasteiger partial charge in [-0.2, -0.15) is 13.2 Å². The van der Waals surface area contributed by atoms with E-state index < -0.39 is 25.7 Å². The first kappa shape index (κ1) is 24.2. The zero-order chi connectivity index (χ0) is 22.8. The third-order valence-electron chi connectivity index (χ3n) is 8.20. The molecule has 0 aromatic heterocycles. The number of hydrogen-bond donors (Lipinski definition) is 1. The zero-order valence-corrected chi connectivity index (χ0v) is 20.2. The van der Waals surface area contributed by atoms with Crippen LogP contribution in [0.2, 0.25) is 18.1 Å². The van der Waals surface area contributed by atoms with Crippen molar-refractivity contribution in [2.75, 3.05) is 13.7 Å². The molecule has 4 nitrogen and oxygen atoms in total. The van der Waals surface area contributed by atoms with Gasteiger partial charge in [0.15, 0.2) is 8.32 Å². The molecule has 0 radical (unpaired) electrons. The van der Waals surface area contributed by atoms with Crippen molar-refractivity contribution >= 4 is 8.32 Å². The first-order valence-electron chi connectivity index (χ1n) is 10.9. The number of ether oxygens (including phenoxy) is 3. The largest absolute Gasteiger partial charge is 0.432 e. The van der Waals surface area contributed by atoms with Gasteiger partial charge in [-0.15, -0.1) is 0 Å². The van der Waals surface area contributed by atoms with Crippen LogP contribution < -0.4 is 0 Å². The highest BCUT2D eigenvalue weighted by molar-refractivity contribution is 6.72. The Labute approximate surface area is 179 Å². The minimum atomic E-state index is -4.30. The molecule has 0 aromatic rings. The molecule has 0 aromatic carbocycles. The Morgan fingerprint density at radius 1 is 1.30 bits per heavy atom. The number of methoxy groups -OCH3 is 1. The van der Waals surface area contributed by atoms with Crippen molar-refractivity contribution in [2.24, 2.45) is 11.8 Å². The van der Waals surface area contributed by atoms with E-state index in [-0.39, 0.29) is 41.1 Å². The van der Waals surface area contributed by atoms with E-state index in [0.29, 0.717) is 6.61 Å². The van der Waals surface area contributed by atoms with Crippen LogP contribution in [0.5, 0.6) is 0 Å². The zero-order valence-electron chi connectivity index (χ0n) is 19.2. The maximum atomic E-state index is 12.9. The summed E-state index contributed by atoms with van der Waals surface area (Å²) in [7, 11) is -0.669. The van der Waals surface area contributed by atoms with Gasteiger partial charge < -0.3 is 19.0 Å². The van der Waals surface area contributed by atoms with Crippen LogP contribution >= 0.6 is 0 Å². The van der Waals surface area contributed by atoms with Crippen LogP contribution in [0.15, 0.2) is 11.6 Å². The third-order valence-corrected chi connectivity index (χ3v) is 11.7. The summed E-state index contributed by atoms with van der Waals surface area (Å²) in [5.41, 5.74) is -1.44. The van der Waals surface area contributed by atoms with Gasteiger partial charge in [0, 0.05) is 18.6 Å². The summed E-state index contributed by atoms with van der Waals surface area (Å²) in [5, 5.41) is -0.175. The lowest BCUT2D eigenvalue weighted by Crippen LogP contribution is -2.54. The number of halogens is 3. The molecule has 0 amide bonds. The molecule has 1 spiro atoms. The standard InChI is InChI=1S/C22H37F3O4Si/c1-14(22(23,24)25)8-9-16-20(4,29-16)18-17(27-5)15(10-11-21(18)13-28-21)12-19(2,3)30(6,7)26/h8,15-18,26H,9-13H2,1-7H3/b14-8+/t15-,16+,17+,18+,20?,21-/m0/s1. The van der Waals surface area contributed by atoms with Crippen LogP contribution in [-0.2, 0) is 14.2 Å². The molecule has 1 unspecified atom stereocenters. The van der Waals surface area contributed by atoms with Crippen LogP contribution in [0.4, 0.5) is 13.2 Å². The van der Waals surface area contributed by atoms with Gasteiger partial charge >= 0.3 is 6.18 Å². The predicted molar refractivity (Wildman–Crippen MR) is 112 cm³/mol. The van der Waals surface area contributed by atoms with Gasteiger partial charge in [-0.1, -0.05) is 19.9 Å². The topological polar surface area (TPSA) is 54.5 Å². The molecule has 30 heavy (non-hydrogen) atoms. The van der Waals surface area contributed by atoms with E-state index in [1.54, 1.807) is 7.11 Å². The minimum absolute atomic E-state index is 0.0300. The number of alkyl halides is 3. The Morgan fingerprint density at radius 2 is 1.90 bits per heavy atom. The van der Waals surface area contributed by atoms with Gasteiger partial charge in [-0.3, -0.25) is 0 Å². The molecule has 6 atom stereocenters. The highest BCUT2D eigenvalue weighted by atomic mass is 28.4. The molecule has 2 aliphatic heterocycles. The molecule has 3 aliphatic rings. The van der Waals surface area contributed by atoms with Gasteiger partial charge in [0.05, 0.1) is 24.4 Å². The van der Waals surface area contributed by atoms with E-state index in [2.05, 4.69) is 13.8 Å². The van der Waals surface area contributed by atoms with E-state index >= 15 is 0 Å². The molecule has 3 fully saturated rings. The number of allylic oxidation sites excluding steroid dienone is 1. The molecular weight excluding hydrogens is 413 g/mol. The maximum absolute atomic E-state index is 12.9. The number of rotatable bonds is 7. The van der Waals surface area contributed by atoms with E-state index in [4.69, 9.17) is 14.2 Å². The highest BCUT2D eigenvalue weighted by Crippen LogP contribution is 2.61. The quantitative estimate of drug-likeness (QED) is 0.328. The van der Waals surface area contributed by atoms with Gasteiger partial charge in [-0.25, -0.2) is 0 Å². The summed E-state index contributed by atoms with van der Waals surface area (Å²) >= 11 is 0. The van der Waals surface area contributed by atoms with Gasteiger partial charge in [-0.05, 0) is 63.6 Å². The fourth-order valence-corrected chi connectivity index (χ4v) is 6.03. The molecule has 174 valence electrons. The van der Waals surface area contributed by atoms with Crippen molar-refractivity contribution in [3.05, 3.63) is 11.6 Å². The van der Waals surface area contributed by atoms with Gasteiger partial charge in [0.25, 0.3) is 0 Å². The number of epoxide rings is 2.